The Kier molecular flexibility index (Phi) is 6.94. The molecule has 0 N–H and O–H groups in total. The molecule has 2 aliphatic rings. The van der Waals surface area contributed by atoms with Crippen molar-refractivity contribution in [2.45, 2.75) is 104 Å². The zero-order valence-electron chi connectivity index (χ0n) is 17.8. The van der Waals surface area contributed by atoms with Crippen LogP contribution in [0.5, 0.6) is 0 Å². The summed E-state index contributed by atoms with van der Waals surface area (Å²) in [6.07, 6.45) is 4.02. The van der Waals surface area contributed by atoms with E-state index in [0.717, 1.165) is 32.2 Å². The van der Waals surface area contributed by atoms with Crippen LogP contribution in [0.3, 0.4) is 0 Å². The van der Waals surface area contributed by atoms with Gasteiger partial charge in [0.1, 0.15) is 0 Å². The number of likely N-dealkylation sites (tertiary alicyclic amines) is 1. The van der Waals surface area contributed by atoms with Crippen molar-refractivity contribution in [2.24, 2.45) is 0 Å². The van der Waals surface area contributed by atoms with Gasteiger partial charge in [0, 0.05) is 43.2 Å². The van der Waals surface area contributed by atoms with Crippen LogP contribution in [-0.2, 0) is 4.79 Å². The molecule has 146 valence electrons. The summed E-state index contributed by atoms with van der Waals surface area (Å²) in [5, 5.41) is 0. The minimum Gasteiger partial charge on any atom is -0.335 e. The van der Waals surface area contributed by atoms with Crippen LogP contribution < -0.4 is 0 Å². The number of amides is 3. The van der Waals surface area contributed by atoms with E-state index in [0.29, 0.717) is 18.0 Å². The highest BCUT2D eigenvalue weighted by Gasteiger charge is 2.36. The molecule has 0 bridgehead atoms. The normalized spacial score (nSPS) is 25.7. The summed E-state index contributed by atoms with van der Waals surface area (Å²) in [5.74, 6) is 0.321. The summed E-state index contributed by atoms with van der Waals surface area (Å²) in [7, 11) is 1.87. The van der Waals surface area contributed by atoms with Crippen molar-refractivity contribution in [2.75, 3.05) is 13.6 Å². The molecular formula is C20H39N3O2. The molecule has 0 spiro atoms. The first-order valence-corrected chi connectivity index (χ1v) is 9.63. The van der Waals surface area contributed by atoms with Gasteiger partial charge in [-0.3, -0.25) is 4.79 Å². The Balaban J connectivity index is 0.000000251. The smallest absolute Gasteiger partial charge is 0.320 e. The Morgan fingerprint density at radius 2 is 1.32 bits per heavy atom. The van der Waals surface area contributed by atoms with Crippen molar-refractivity contribution in [1.82, 2.24) is 14.7 Å². The number of hydrogen-bond acceptors (Lipinski definition) is 2. The van der Waals surface area contributed by atoms with Gasteiger partial charge in [-0.1, -0.05) is 0 Å². The fourth-order valence-corrected chi connectivity index (χ4v) is 4.01. The third-order valence-corrected chi connectivity index (χ3v) is 5.02. The van der Waals surface area contributed by atoms with Crippen LogP contribution in [0.1, 0.15) is 81.1 Å². The Labute approximate surface area is 154 Å². The molecule has 0 aromatic heterocycles. The number of carbonyl (C=O) groups is 2. The average Bonchev–Trinajstić information content (AvgIpc) is 2.41. The van der Waals surface area contributed by atoms with Gasteiger partial charge in [-0.2, -0.15) is 0 Å². The SMILES string of the molecule is CC1CCCC(=O)N1C(C)(C)C.CC1CCN(C)C(=O)N1C(C)(C)C. The van der Waals surface area contributed by atoms with Gasteiger partial charge in [-0.05, 0) is 74.7 Å². The maximum atomic E-state index is 11.8. The van der Waals surface area contributed by atoms with Gasteiger partial charge < -0.3 is 14.7 Å². The number of piperidine rings is 1. The standard InChI is InChI=1S/C10H20N2O.C10H19NO/c1-8-6-7-11(5)9(13)12(8)10(2,3)4;1-8-6-5-7-9(12)11(8)10(2,3)4/h8H,6-7H2,1-5H3;8H,5-7H2,1-4H3. The number of rotatable bonds is 0. The Hall–Kier alpha value is -1.26. The second kappa shape index (κ2) is 7.96. The van der Waals surface area contributed by atoms with Crippen molar-refractivity contribution < 1.29 is 9.59 Å². The number of urea groups is 1. The van der Waals surface area contributed by atoms with Gasteiger partial charge in [0.05, 0.1) is 0 Å². The molecule has 2 rings (SSSR count). The Morgan fingerprint density at radius 1 is 0.840 bits per heavy atom. The van der Waals surface area contributed by atoms with Crippen LogP contribution in [0, 0.1) is 0 Å². The third-order valence-electron chi connectivity index (χ3n) is 5.02. The van der Waals surface area contributed by atoms with Crippen LogP contribution in [0.2, 0.25) is 0 Å². The third kappa shape index (κ3) is 5.61. The molecule has 5 heteroatoms. The predicted octanol–water partition coefficient (Wildman–Crippen LogP) is 4.12. The van der Waals surface area contributed by atoms with E-state index in [-0.39, 0.29) is 17.1 Å². The highest BCUT2D eigenvalue weighted by atomic mass is 16.2. The molecule has 5 nitrogen and oxygen atoms in total. The van der Waals surface area contributed by atoms with Gasteiger partial charge in [-0.15, -0.1) is 0 Å². The maximum absolute atomic E-state index is 11.8. The molecular weight excluding hydrogens is 314 g/mol. The largest absolute Gasteiger partial charge is 0.335 e. The molecule has 0 aliphatic carbocycles. The number of carbonyl (C=O) groups excluding carboxylic acids is 2. The molecule has 2 fully saturated rings. The molecule has 0 aromatic rings. The lowest BCUT2D eigenvalue weighted by molar-refractivity contribution is -0.141. The lowest BCUT2D eigenvalue weighted by atomic mass is 9.95. The van der Waals surface area contributed by atoms with E-state index in [2.05, 4.69) is 55.4 Å². The topological polar surface area (TPSA) is 43.9 Å². The van der Waals surface area contributed by atoms with Crippen molar-refractivity contribution in [3.8, 4) is 0 Å². The Morgan fingerprint density at radius 3 is 1.68 bits per heavy atom. The van der Waals surface area contributed by atoms with Crippen molar-refractivity contribution in [1.29, 1.82) is 0 Å². The highest BCUT2D eigenvalue weighted by Crippen LogP contribution is 2.26. The fraction of sp³-hybridized carbons (Fsp3) is 0.900. The average molecular weight is 354 g/mol. The van der Waals surface area contributed by atoms with Gasteiger partial charge in [0.25, 0.3) is 0 Å². The van der Waals surface area contributed by atoms with E-state index < -0.39 is 0 Å². The zero-order valence-corrected chi connectivity index (χ0v) is 17.8. The van der Waals surface area contributed by atoms with E-state index in [9.17, 15) is 9.59 Å². The fourth-order valence-electron chi connectivity index (χ4n) is 4.01. The van der Waals surface area contributed by atoms with Crippen molar-refractivity contribution in [3.63, 3.8) is 0 Å². The molecule has 0 radical (unpaired) electrons. The minimum atomic E-state index is -0.0643. The van der Waals surface area contributed by atoms with Gasteiger partial charge in [-0.25, -0.2) is 4.79 Å². The first kappa shape index (κ1) is 21.8. The summed E-state index contributed by atoms with van der Waals surface area (Å²) in [4.78, 5) is 29.2. The van der Waals surface area contributed by atoms with Crippen LogP contribution in [0.4, 0.5) is 4.79 Å². The maximum Gasteiger partial charge on any atom is 0.320 e. The highest BCUT2D eigenvalue weighted by molar-refractivity contribution is 5.78. The molecule has 2 saturated heterocycles. The van der Waals surface area contributed by atoms with Crippen LogP contribution >= 0.6 is 0 Å². The molecule has 2 unspecified atom stereocenters. The second-order valence-electron chi connectivity index (χ2n) is 9.56. The van der Waals surface area contributed by atoms with Crippen LogP contribution in [0.25, 0.3) is 0 Å². The molecule has 2 aliphatic heterocycles. The molecule has 2 heterocycles. The molecule has 2 atom stereocenters. The van der Waals surface area contributed by atoms with Crippen LogP contribution in [0.15, 0.2) is 0 Å². The van der Waals surface area contributed by atoms with E-state index in [1.807, 2.05) is 16.8 Å². The lowest BCUT2D eigenvalue weighted by Crippen LogP contribution is -2.59. The van der Waals surface area contributed by atoms with E-state index in [1.165, 1.54) is 0 Å². The first-order chi connectivity index (χ1) is 11.3. The summed E-state index contributed by atoms with van der Waals surface area (Å²) in [6.45, 7) is 17.7. The summed E-state index contributed by atoms with van der Waals surface area (Å²) >= 11 is 0. The van der Waals surface area contributed by atoms with Crippen LogP contribution in [-0.4, -0.2) is 63.4 Å². The second-order valence-corrected chi connectivity index (χ2v) is 9.56. The monoisotopic (exact) mass is 353 g/mol. The minimum absolute atomic E-state index is 0.00306. The summed E-state index contributed by atoms with van der Waals surface area (Å²) in [5.41, 5.74) is -0.0674. The molecule has 0 aromatic carbocycles. The van der Waals surface area contributed by atoms with Gasteiger partial charge in [0.2, 0.25) is 5.91 Å². The molecule has 0 saturated carbocycles. The summed E-state index contributed by atoms with van der Waals surface area (Å²) < 4.78 is 0. The number of nitrogens with zero attached hydrogens (tertiary/aromatic N) is 3. The number of hydrogen-bond donors (Lipinski definition) is 0. The van der Waals surface area contributed by atoms with Crippen molar-refractivity contribution >= 4 is 11.9 Å². The lowest BCUT2D eigenvalue weighted by Gasteiger charge is -2.46. The van der Waals surface area contributed by atoms with E-state index >= 15 is 0 Å². The van der Waals surface area contributed by atoms with E-state index in [1.54, 1.807) is 4.90 Å². The Bertz CT molecular complexity index is 476. The first-order valence-electron chi connectivity index (χ1n) is 9.63. The molecule has 3 amide bonds. The molecule has 25 heavy (non-hydrogen) atoms. The van der Waals surface area contributed by atoms with Gasteiger partial charge >= 0.3 is 6.03 Å². The summed E-state index contributed by atoms with van der Waals surface area (Å²) in [6, 6.07) is 0.946. The zero-order chi connectivity index (χ0) is 19.6. The predicted molar refractivity (Wildman–Crippen MR) is 104 cm³/mol. The van der Waals surface area contributed by atoms with Crippen molar-refractivity contribution in [3.05, 3.63) is 0 Å². The van der Waals surface area contributed by atoms with E-state index in [4.69, 9.17) is 0 Å². The van der Waals surface area contributed by atoms with Gasteiger partial charge in [0.15, 0.2) is 0 Å². The quantitative estimate of drug-likeness (QED) is 0.657.